The molecule has 0 saturated carbocycles. The second kappa shape index (κ2) is 10.8. The summed E-state index contributed by atoms with van der Waals surface area (Å²) >= 11 is 0. The highest BCUT2D eigenvalue weighted by Crippen LogP contribution is 2.47. The highest BCUT2D eigenvalue weighted by Gasteiger charge is 2.52. The number of aromatic nitrogens is 2. The number of H-pyrrole nitrogens is 1. The van der Waals surface area contributed by atoms with Gasteiger partial charge in [0.1, 0.15) is 0 Å². The van der Waals surface area contributed by atoms with E-state index in [1.165, 1.54) is 0 Å². The van der Waals surface area contributed by atoms with E-state index in [1.807, 2.05) is 48.5 Å². The quantitative estimate of drug-likeness (QED) is 0.324. The van der Waals surface area contributed by atoms with Gasteiger partial charge in [-0.15, -0.1) is 0 Å². The number of nitrogens with zero attached hydrogens (tertiary/aromatic N) is 2. The van der Waals surface area contributed by atoms with Crippen molar-refractivity contribution in [1.29, 1.82) is 0 Å². The summed E-state index contributed by atoms with van der Waals surface area (Å²) < 4.78 is 23.4. The number of carbonyl (C=O) groups is 1. The van der Waals surface area contributed by atoms with Gasteiger partial charge in [-0.3, -0.25) is 14.7 Å². The van der Waals surface area contributed by atoms with Gasteiger partial charge in [0.25, 0.3) is 5.56 Å². The van der Waals surface area contributed by atoms with E-state index in [4.69, 9.17) is 4.74 Å². The van der Waals surface area contributed by atoms with E-state index >= 15 is 4.11 Å². The van der Waals surface area contributed by atoms with Crippen molar-refractivity contribution in [3.05, 3.63) is 64.4 Å². The first-order valence-electron chi connectivity index (χ1n) is 13.7. The minimum Gasteiger partial charge on any atom is -0.394 e. The molecule has 2 saturated heterocycles. The largest absolute Gasteiger partial charge is 0.394 e. The van der Waals surface area contributed by atoms with Crippen LogP contribution < -0.4 is 5.56 Å². The number of aryl methyl sites for hydroxylation is 1. The zero-order valence-corrected chi connectivity index (χ0v) is 23.4. The molecule has 38 heavy (non-hydrogen) atoms. The van der Waals surface area contributed by atoms with Gasteiger partial charge >= 0.3 is 0 Å². The van der Waals surface area contributed by atoms with E-state index in [9.17, 15) is 14.7 Å². The topological polar surface area (TPSA) is 87.6 Å². The van der Waals surface area contributed by atoms with Crippen LogP contribution >= 0.6 is 0 Å². The minimum atomic E-state index is -3.08. The van der Waals surface area contributed by atoms with Crippen LogP contribution in [0.2, 0.25) is 18.6 Å². The normalized spacial score (nSPS) is 25.9. The van der Waals surface area contributed by atoms with Crippen molar-refractivity contribution in [2.24, 2.45) is 5.92 Å². The van der Waals surface area contributed by atoms with E-state index in [-0.39, 0.29) is 48.1 Å². The summed E-state index contributed by atoms with van der Waals surface area (Å²) in [6.45, 7) is 6.11. The number of hydrogen-bond donors (Lipinski definition) is 2. The third kappa shape index (κ3) is 5.24. The summed E-state index contributed by atoms with van der Waals surface area (Å²) in [4.78, 5) is 27.6. The van der Waals surface area contributed by atoms with Crippen LogP contribution in [-0.2, 0) is 16.0 Å². The molecule has 1 amide bonds. The maximum Gasteiger partial charge on any atom is 0.279 e. The van der Waals surface area contributed by atoms with Gasteiger partial charge in [-0.2, -0.15) is 0 Å². The number of rotatable bonds is 8. The molecule has 0 aliphatic carbocycles. The Balaban J connectivity index is 1.25. The number of fused-ring (bicyclic) bond motifs is 1. The molecule has 204 valence electrons. The fourth-order valence-corrected chi connectivity index (χ4v) is 9.13. The average molecular weight is 540 g/mol. The van der Waals surface area contributed by atoms with Crippen LogP contribution in [0.1, 0.15) is 38.2 Å². The van der Waals surface area contributed by atoms with Crippen molar-refractivity contribution in [2.45, 2.75) is 75.9 Å². The van der Waals surface area contributed by atoms with Crippen LogP contribution in [0.3, 0.4) is 0 Å². The van der Waals surface area contributed by atoms with Crippen molar-refractivity contribution < 1.29 is 18.7 Å². The zero-order chi connectivity index (χ0) is 27.0. The van der Waals surface area contributed by atoms with Gasteiger partial charge in [0.2, 0.25) is 14.3 Å². The first-order chi connectivity index (χ1) is 18.2. The molecule has 3 heterocycles. The van der Waals surface area contributed by atoms with Crippen LogP contribution in [-0.4, -0.2) is 65.5 Å². The summed E-state index contributed by atoms with van der Waals surface area (Å²) in [5.74, 6) is -0.0126. The van der Waals surface area contributed by atoms with Gasteiger partial charge in [0.15, 0.2) is 0 Å². The lowest BCUT2D eigenvalue weighted by Gasteiger charge is -2.30. The average Bonchev–Trinajstić information content (AvgIpc) is 3.59. The number of halogens is 1. The van der Waals surface area contributed by atoms with Crippen molar-refractivity contribution in [2.75, 3.05) is 13.2 Å². The lowest BCUT2D eigenvalue weighted by molar-refractivity contribution is -0.135. The first kappa shape index (κ1) is 26.8. The second-order valence-electron chi connectivity index (χ2n) is 11.4. The molecule has 7 nitrogen and oxygen atoms in total. The fraction of sp³-hybridized carbons (Fsp3) is 0.517. The van der Waals surface area contributed by atoms with Crippen molar-refractivity contribution in [3.8, 4) is 5.69 Å². The summed E-state index contributed by atoms with van der Waals surface area (Å²) in [5.41, 5.74) is 2.36. The first-order valence-corrected chi connectivity index (χ1v) is 16.7. The molecular weight excluding hydrogens is 501 g/mol. The molecule has 2 N–H and O–H groups in total. The maximum absolute atomic E-state index is 15.5. The smallest absolute Gasteiger partial charge is 0.279 e. The minimum absolute atomic E-state index is 0.0240. The summed E-state index contributed by atoms with van der Waals surface area (Å²) in [6, 6.07) is 15.2. The number of hydrogen-bond acceptors (Lipinski definition) is 4. The Morgan fingerprint density at radius 3 is 2.58 bits per heavy atom. The van der Waals surface area contributed by atoms with Gasteiger partial charge in [-0.05, 0) is 74.5 Å². The molecule has 2 aliphatic rings. The summed E-state index contributed by atoms with van der Waals surface area (Å²) in [6.07, 6.45) is 2.83. The van der Waals surface area contributed by atoms with E-state index in [1.54, 1.807) is 22.7 Å². The van der Waals surface area contributed by atoms with Crippen LogP contribution in [0.5, 0.6) is 0 Å². The number of aromatic amines is 1. The number of benzene rings is 2. The lowest BCUT2D eigenvalue weighted by atomic mass is 9.95. The summed E-state index contributed by atoms with van der Waals surface area (Å²) in [7, 11) is -3.08. The number of para-hydroxylation sites is 1. The van der Waals surface area contributed by atoms with Gasteiger partial charge in [0, 0.05) is 12.1 Å². The van der Waals surface area contributed by atoms with Crippen molar-refractivity contribution >= 4 is 25.2 Å². The fourth-order valence-electron chi connectivity index (χ4n) is 6.58. The maximum atomic E-state index is 15.5. The molecule has 2 aliphatic heterocycles. The number of aliphatic hydroxyl groups excluding tert-OH is 1. The van der Waals surface area contributed by atoms with E-state index in [2.05, 4.69) is 12.0 Å². The molecule has 5 atom stereocenters. The number of ether oxygens (including phenoxy) is 1. The molecule has 5 rings (SSSR count). The van der Waals surface area contributed by atoms with Crippen LogP contribution in [0, 0.1) is 5.92 Å². The zero-order valence-electron chi connectivity index (χ0n) is 22.4. The Morgan fingerprint density at radius 2 is 1.89 bits per heavy atom. The highest BCUT2D eigenvalue weighted by atomic mass is 28.4. The molecule has 0 bridgehead atoms. The number of amides is 1. The lowest BCUT2D eigenvalue weighted by Crippen LogP contribution is -2.42. The molecule has 2 aromatic carbocycles. The monoisotopic (exact) mass is 539 g/mol. The molecule has 0 spiro atoms. The van der Waals surface area contributed by atoms with E-state index < -0.39 is 14.5 Å². The van der Waals surface area contributed by atoms with Crippen LogP contribution in [0.25, 0.3) is 16.6 Å². The Morgan fingerprint density at radius 1 is 1.16 bits per heavy atom. The Kier molecular flexibility index (Phi) is 7.62. The van der Waals surface area contributed by atoms with Gasteiger partial charge < -0.3 is 18.9 Å². The highest BCUT2D eigenvalue weighted by molar-refractivity contribution is 6.72. The molecule has 0 unspecified atom stereocenters. The van der Waals surface area contributed by atoms with Crippen molar-refractivity contribution in [3.63, 3.8) is 0 Å². The molecule has 1 aromatic heterocycles. The Hall–Kier alpha value is -2.75. The van der Waals surface area contributed by atoms with Gasteiger partial charge in [0.05, 0.1) is 47.9 Å². The third-order valence-electron chi connectivity index (χ3n) is 8.48. The number of likely N-dealkylation sites (tertiary alicyclic amines) is 1. The SMILES string of the molecule is C[C@@H]1[C@@H]([Si](C)(C)F)[C@H](CC(=O)N2CCC[C@H]2CO)O[C@@H]1CCc1ccc(-n2[nH]c3ccccc3c2=O)cc1. The second-order valence-corrected chi connectivity index (χ2v) is 15.2. The van der Waals surface area contributed by atoms with Crippen LogP contribution in [0.4, 0.5) is 4.11 Å². The predicted octanol–water partition coefficient (Wildman–Crippen LogP) is 4.57. The summed E-state index contributed by atoms with van der Waals surface area (Å²) in [5, 5.41) is 13.4. The van der Waals surface area contributed by atoms with Crippen LogP contribution in [0.15, 0.2) is 53.3 Å². The molecule has 3 aromatic rings. The molecular formula is C29H38FN3O4Si. The number of carbonyl (C=O) groups excluding carboxylic acids is 1. The van der Waals surface area contributed by atoms with E-state index in [0.717, 1.165) is 42.5 Å². The molecule has 0 radical (unpaired) electrons. The third-order valence-corrected chi connectivity index (χ3v) is 11.0. The van der Waals surface area contributed by atoms with Gasteiger partial charge in [-0.1, -0.05) is 31.2 Å². The Labute approximate surface area is 223 Å². The number of nitrogens with one attached hydrogen (secondary N) is 1. The molecule has 2 fully saturated rings. The van der Waals surface area contributed by atoms with E-state index in [0.29, 0.717) is 11.9 Å². The standard InChI is InChI=1S/C29H38FN3O4Si/c1-19-25(37-26(28(19)38(2,3)30)17-27(35)32-16-6-7-22(32)18-34)15-12-20-10-13-21(14-11-20)33-29(36)23-8-4-5-9-24(23)31-33/h4-5,8-11,13-14,19,22,25-26,28,31,34H,6-7,12,15-18H2,1-3H3/t19-,22-,25+,26-,28+/m0/s1. The Bertz CT molecular complexity index is 1330. The number of aliphatic hydroxyl groups is 1. The molecule has 9 heteroatoms. The predicted molar refractivity (Wildman–Crippen MR) is 149 cm³/mol. The van der Waals surface area contributed by atoms with Crippen molar-refractivity contribution in [1.82, 2.24) is 14.7 Å². The van der Waals surface area contributed by atoms with Gasteiger partial charge in [-0.25, -0.2) is 4.68 Å².